The summed E-state index contributed by atoms with van der Waals surface area (Å²) in [5, 5.41) is 0. The van der Waals surface area contributed by atoms with E-state index in [1.54, 1.807) is 24.3 Å². The van der Waals surface area contributed by atoms with Gasteiger partial charge in [-0.3, -0.25) is 4.90 Å². The van der Waals surface area contributed by atoms with E-state index in [-0.39, 0.29) is 5.75 Å². The molecule has 2 aromatic rings. The van der Waals surface area contributed by atoms with Gasteiger partial charge in [0.15, 0.2) is 9.84 Å². The number of hydrogen-bond donors (Lipinski definition) is 0. The topological polar surface area (TPSA) is 72.4 Å². The van der Waals surface area contributed by atoms with Crippen molar-refractivity contribution in [3.05, 3.63) is 47.9 Å². The molecule has 1 aliphatic rings. The zero-order valence-electron chi connectivity index (χ0n) is 13.7. The van der Waals surface area contributed by atoms with E-state index in [2.05, 4.69) is 14.9 Å². The molecule has 1 aromatic heterocycles. The molecule has 24 heavy (non-hydrogen) atoms. The Bertz CT molecular complexity index is 794. The van der Waals surface area contributed by atoms with Crippen LogP contribution >= 0.6 is 0 Å². The lowest BCUT2D eigenvalue weighted by atomic mass is 10.1. The Kier molecular flexibility index (Phi) is 5.11. The number of rotatable bonds is 6. The third-order valence-electron chi connectivity index (χ3n) is 4.10. The number of benzene rings is 1. The Morgan fingerprint density at radius 1 is 1.21 bits per heavy atom. The van der Waals surface area contributed by atoms with Crippen LogP contribution in [0.4, 0.5) is 0 Å². The SMILES string of the molecule is CCOc1ncnc2c1CN(CCS(=O)(=O)c1ccccc1)CC2. The fourth-order valence-electron chi connectivity index (χ4n) is 2.82. The predicted octanol–water partition coefficient (Wildman–Crippen LogP) is 1.71. The molecule has 0 aliphatic carbocycles. The van der Waals surface area contributed by atoms with E-state index < -0.39 is 9.84 Å². The summed E-state index contributed by atoms with van der Waals surface area (Å²) in [6.07, 6.45) is 2.31. The molecule has 1 aliphatic heterocycles. The third kappa shape index (κ3) is 3.73. The van der Waals surface area contributed by atoms with Crippen molar-refractivity contribution in [3.63, 3.8) is 0 Å². The summed E-state index contributed by atoms with van der Waals surface area (Å²) in [4.78, 5) is 11.0. The second-order valence-electron chi connectivity index (χ2n) is 5.70. The van der Waals surface area contributed by atoms with Crippen LogP contribution in [0, 0.1) is 0 Å². The summed E-state index contributed by atoms with van der Waals surface area (Å²) < 4.78 is 30.4. The largest absolute Gasteiger partial charge is 0.478 e. The van der Waals surface area contributed by atoms with Crippen molar-refractivity contribution in [2.75, 3.05) is 25.4 Å². The van der Waals surface area contributed by atoms with Crippen LogP contribution in [-0.4, -0.2) is 48.7 Å². The minimum absolute atomic E-state index is 0.101. The minimum Gasteiger partial charge on any atom is -0.478 e. The van der Waals surface area contributed by atoms with Crippen LogP contribution in [0.3, 0.4) is 0 Å². The number of ether oxygens (including phenoxy) is 1. The van der Waals surface area contributed by atoms with Gasteiger partial charge in [0.25, 0.3) is 0 Å². The average molecular weight is 347 g/mol. The second-order valence-corrected chi connectivity index (χ2v) is 7.80. The fraction of sp³-hybridized carbons (Fsp3) is 0.412. The van der Waals surface area contributed by atoms with Crippen LogP contribution in [-0.2, 0) is 22.8 Å². The summed E-state index contributed by atoms with van der Waals surface area (Å²) in [6, 6.07) is 8.59. The molecule has 0 fully saturated rings. The molecule has 6 nitrogen and oxygen atoms in total. The van der Waals surface area contributed by atoms with Gasteiger partial charge in [0.1, 0.15) is 6.33 Å². The van der Waals surface area contributed by atoms with Crippen LogP contribution in [0.1, 0.15) is 18.2 Å². The number of hydrogen-bond acceptors (Lipinski definition) is 6. The first-order valence-electron chi connectivity index (χ1n) is 8.06. The van der Waals surface area contributed by atoms with Crippen LogP contribution in [0.25, 0.3) is 0 Å². The third-order valence-corrected chi connectivity index (χ3v) is 5.81. The first-order chi connectivity index (χ1) is 11.6. The summed E-state index contributed by atoms with van der Waals surface area (Å²) in [5.41, 5.74) is 1.97. The molecule has 0 saturated heterocycles. The molecule has 128 valence electrons. The van der Waals surface area contributed by atoms with Gasteiger partial charge in [0.05, 0.1) is 22.9 Å². The van der Waals surface area contributed by atoms with E-state index in [0.29, 0.717) is 30.5 Å². The molecule has 0 amide bonds. The molecular formula is C17H21N3O3S. The van der Waals surface area contributed by atoms with Crippen molar-refractivity contribution < 1.29 is 13.2 Å². The molecule has 0 spiro atoms. The second kappa shape index (κ2) is 7.27. The Hall–Kier alpha value is -1.99. The summed E-state index contributed by atoms with van der Waals surface area (Å²) in [7, 11) is -3.26. The maximum absolute atomic E-state index is 12.4. The zero-order valence-corrected chi connectivity index (χ0v) is 14.5. The van der Waals surface area contributed by atoms with Crippen molar-refractivity contribution >= 4 is 9.84 Å². The monoisotopic (exact) mass is 347 g/mol. The smallest absolute Gasteiger partial charge is 0.221 e. The van der Waals surface area contributed by atoms with Crippen molar-refractivity contribution in [2.45, 2.75) is 24.8 Å². The fourth-order valence-corrected chi connectivity index (χ4v) is 4.12. The van der Waals surface area contributed by atoms with Gasteiger partial charge in [-0.1, -0.05) is 18.2 Å². The van der Waals surface area contributed by atoms with E-state index >= 15 is 0 Å². The Morgan fingerprint density at radius 2 is 2.00 bits per heavy atom. The van der Waals surface area contributed by atoms with Gasteiger partial charge in [0, 0.05) is 31.6 Å². The number of sulfone groups is 1. The highest BCUT2D eigenvalue weighted by atomic mass is 32.2. The lowest BCUT2D eigenvalue weighted by Crippen LogP contribution is -2.35. The lowest BCUT2D eigenvalue weighted by molar-refractivity contribution is 0.250. The average Bonchev–Trinajstić information content (AvgIpc) is 2.61. The highest BCUT2D eigenvalue weighted by Crippen LogP contribution is 2.24. The quantitative estimate of drug-likeness (QED) is 0.792. The summed E-state index contributed by atoms with van der Waals surface area (Å²) >= 11 is 0. The van der Waals surface area contributed by atoms with Gasteiger partial charge in [-0.2, -0.15) is 0 Å². The standard InChI is InChI=1S/C17H21N3O3S/c1-2-23-17-15-12-20(9-8-16(15)18-13-19-17)10-11-24(21,22)14-6-4-3-5-7-14/h3-7,13H,2,8-12H2,1H3. The van der Waals surface area contributed by atoms with Gasteiger partial charge < -0.3 is 4.74 Å². The Balaban J connectivity index is 1.68. The van der Waals surface area contributed by atoms with E-state index in [9.17, 15) is 8.42 Å². The lowest BCUT2D eigenvalue weighted by Gasteiger charge is -2.28. The molecule has 0 radical (unpaired) electrons. The van der Waals surface area contributed by atoms with E-state index in [0.717, 1.165) is 24.2 Å². The van der Waals surface area contributed by atoms with Gasteiger partial charge in [-0.05, 0) is 19.1 Å². The van der Waals surface area contributed by atoms with Crippen molar-refractivity contribution in [1.82, 2.24) is 14.9 Å². The van der Waals surface area contributed by atoms with Gasteiger partial charge in [-0.15, -0.1) is 0 Å². The number of aromatic nitrogens is 2. The van der Waals surface area contributed by atoms with Gasteiger partial charge in [0.2, 0.25) is 5.88 Å². The maximum Gasteiger partial charge on any atom is 0.221 e. The van der Waals surface area contributed by atoms with Crippen LogP contribution in [0.2, 0.25) is 0 Å². The molecule has 3 rings (SSSR count). The minimum atomic E-state index is -3.26. The highest BCUT2D eigenvalue weighted by molar-refractivity contribution is 7.91. The number of nitrogens with zero attached hydrogens (tertiary/aromatic N) is 3. The van der Waals surface area contributed by atoms with Crippen molar-refractivity contribution in [3.8, 4) is 5.88 Å². The van der Waals surface area contributed by atoms with Crippen molar-refractivity contribution in [1.29, 1.82) is 0 Å². The van der Waals surface area contributed by atoms with Crippen molar-refractivity contribution in [2.24, 2.45) is 0 Å². The van der Waals surface area contributed by atoms with Gasteiger partial charge in [-0.25, -0.2) is 18.4 Å². The molecule has 0 N–H and O–H groups in total. The summed E-state index contributed by atoms with van der Waals surface area (Å²) in [5.74, 6) is 0.711. The molecular weight excluding hydrogens is 326 g/mol. The Morgan fingerprint density at radius 3 is 2.75 bits per heavy atom. The van der Waals surface area contributed by atoms with Crippen LogP contribution in [0.5, 0.6) is 5.88 Å². The summed E-state index contributed by atoms with van der Waals surface area (Å²) in [6.45, 7) is 4.36. The van der Waals surface area contributed by atoms with E-state index in [1.807, 2.05) is 13.0 Å². The molecule has 1 aromatic carbocycles. The van der Waals surface area contributed by atoms with Gasteiger partial charge >= 0.3 is 0 Å². The normalized spacial score (nSPS) is 15.0. The van der Waals surface area contributed by atoms with E-state index in [1.165, 1.54) is 6.33 Å². The maximum atomic E-state index is 12.4. The van der Waals surface area contributed by atoms with E-state index in [4.69, 9.17) is 4.74 Å². The van der Waals surface area contributed by atoms with Crippen LogP contribution < -0.4 is 4.74 Å². The molecule has 0 unspecified atom stereocenters. The zero-order chi connectivity index (χ0) is 17.0. The molecule has 0 bridgehead atoms. The first-order valence-corrected chi connectivity index (χ1v) is 9.71. The predicted molar refractivity (Wildman–Crippen MR) is 90.7 cm³/mol. The molecule has 0 saturated carbocycles. The molecule has 2 heterocycles. The number of fused-ring (bicyclic) bond motifs is 1. The molecule has 0 atom stereocenters. The highest BCUT2D eigenvalue weighted by Gasteiger charge is 2.23. The first kappa shape index (κ1) is 16.9. The van der Waals surface area contributed by atoms with Crippen LogP contribution in [0.15, 0.2) is 41.6 Å². The Labute approximate surface area is 142 Å². The molecule has 7 heteroatoms.